The maximum Gasteiger partial charge on any atom is 0.416 e. The number of nitrogens with zero attached hydrogens (tertiary/aromatic N) is 1. The van der Waals surface area contributed by atoms with Crippen LogP contribution in [-0.4, -0.2) is 10.8 Å². The second-order valence-electron chi connectivity index (χ2n) is 6.59. The van der Waals surface area contributed by atoms with Crippen LogP contribution >= 0.6 is 0 Å². The number of hydrogen-bond donors (Lipinski definition) is 0. The number of halogens is 3. The fraction of sp³-hybridized carbons (Fsp3) is 0.174. The first-order valence-electron chi connectivity index (χ1n) is 8.93. The molecule has 2 nitrogen and oxygen atoms in total. The van der Waals surface area contributed by atoms with Gasteiger partial charge in [-0.2, -0.15) is 13.2 Å². The van der Waals surface area contributed by atoms with E-state index in [-0.39, 0.29) is 12.3 Å². The van der Waals surface area contributed by atoms with Crippen molar-refractivity contribution in [2.24, 2.45) is 0 Å². The lowest BCUT2D eigenvalue weighted by Crippen LogP contribution is -2.31. The van der Waals surface area contributed by atoms with Gasteiger partial charge >= 0.3 is 6.18 Å². The molecular formula is C23H20F3NO. The van der Waals surface area contributed by atoms with E-state index in [1.807, 2.05) is 60.7 Å². The van der Waals surface area contributed by atoms with Gasteiger partial charge in [0.05, 0.1) is 12.0 Å². The molecule has 0 saturated carbocycles. The topological polar surface area (TPSA) is 20.3 Å². The Balaban J connectivity index is 1.75. The van der Waals surface area contributed by atoms with Crippen LogP contribution in [0.2, 0.25) is 0 Å². The Bertz CT molecular complexity index is 849. The number of rotatable bonds is 6. The zero-order valence-electron chi connectivity index (χ0n) is 15.2. The molecule has 3 rings (SSSR count). The summed E-state index contributed by atoms with van der Waals surface area (Å²) in [4.78, 5) is 14.6. The highest BCUT2D eigenvalue weighted by atomic mass is 19.4. The normalized spacial score (nSPS) is 11.2. The van der Waals surface area contributed by atoms with Crippen LogP contribution < -0.4 is 0 Å². The predicted molar refractivity (Wildman–Crippen MR) is 102 cm³/mol. The molecule has 0 atom stereocenters. The van der Waals surface area contributed by atoms with Crippen LogP contribution in [0.25, 0.3) is 0 Å². The lowest BCUT2D eigenvalue weighted by atomic mass is 10.1. The van der Waals surface area contributed by atoms with Crippen molar-refractivity contribution < 1.29 is 18.0 Å². The zero-order valence-corrected chi connectivity index (χ0v) is 15.2. The van der Waals surface area contributed by atoms with Crippen LogP contribution in [0.4, 0.5) is 13.2 Å². The highest BCUT2D eigenvalue weighted by Crippen LogP contribution is 2.29. The summed E-state index contributed by atoms with van der Waals surface area (Å²) in [6.07, 6.45) is -4.33. The molecule has 1 amide bonds. The van der Waals surface area contributed by atoms with E-state index in [4.69, 9.17) is 0 Å². The largest absolute Gasteiger partial charge is 0.416 e. The number of amides is 1. The van der Waals surface area contributed by atoms with Gasteiger partial charge in [-0.15, -0.1) is 0 Å². The van der Waals surface area contributed by atoms with E-state index in [0.29, 0.717) is 18.7 Å². The highest BCUT2D eigenvalue weighted by Gasteiger charge is 2.30. The fourth-order valence-corrected chi connectivity index (χ4v) is 2.94. The van der Waals surface area contributed by atoms with Crippen LogP contribution in [0.3, 0.4) is 0 Å². The average Bonchev–Trinajstić information content (AvgIpc) is 2.69. The standard InChI is InChI=1S/C23H20F3NO/c24-23(25,26)21-13-11-18(12-14-21)15-22(28)27(16-19-7-3-1-4-8-19)17-20-9-5-2-6-10-20/h1-14H,15-17H2. The van der Waals surface area contributed by atoms with Crippen LogP contribution in [0, 0.1) is 0 Å². The molecule has 0 aliphatic heterocycles. The van der Waals surface area contributed by atoms with E-state index < -0.39 is 11.7 Å². The Labute approximate surface area is 162 Å². The molecule has 3 aromatic rings. The molecule has 0 fully saturated rings. The molecule has 0 spiro atoms. The Kier molecular flexibility index (Phi) is 6.14. The minimum atomic E-state index is -4.38. The van der Waals surface area contributed by atoms with Crippen molar-refractivity contribution in [3.8, 4) is 0 Å². The third-order valence-electron chi connectivity index (χ3n) is 4.42. The fourth-order valence-electron chi connectivity index (χ4n) is 2.94. The minimum Gasteiger partial charge on any atom is -0.334 e. The van der Waals surface area contributed by atoms with Crippen molar-refractivity contribution in [3.05, 3.63) is 107 Å². The van der Waals surface area contributed by atoms with Crippen molar-refractivity contribution in [2.75, 3.05) is 0 Å². The smallest absolute Gasteiger partial charge is 0.334 e. The van der Waals surface area contributed by atoms with Crippen LogP contribution in [0.1, 0.15) is 22.3 Å². The van der Waals surface area contributed by atoms with E-state index in [9.17, 15) is 18.0 Å². The molecule has 144 valence electrons. The molecule has 0 aliphatic carbocycles. The third-order valence-corrected chi connectivity index (χ3v) is 4.42. The van der Waals surface area contributed by atoms with Crippen molar-refractivity contribution in [2.45, 2.75) is 25.7 Å². The molecule has 0 heterocycles. The molecule has 0 aliphatic rings. The second kappa shape index (κ2) is 8.74. The van der Waals surface area contributed by atoms with Gasteiger partial charge in [0.15, 0.2) is 0 Å². The number of carbonyl (C=O) groups is 1. The second-order valence-corrected chi connectivity index (χ2v) is 6.59. The molecule has 3 aromatic carbocycles. The summed E-state index contributed by atoms with van der Waals surface area (Å²) in [5, 5.41) is 0. The van der Waals surface area contributed by atoms with E-state index in [0.717, 1.165) is 23.3 Å². The summed E-state index contributed by atoms with van der Waals surface area (Å²) in [6, 6.07) is 24.0. The van der Waals surface area contributed by atoms with E-state index >= 15 is 0 Å². The summed E-state index contributed by atoms with van der Waals surface area (Å²) < 4.78 is 38.2. The first-order chi connectivity index (χ1) is 13.4. The first-order valence-corrected chi connectivity index (χ1v) is 8.93. The van der Waals surface area contributed by atoms with Gasteiger partial charge in [0.2, 0.25) is 5.91 Å². The summed E-state index contributed by atoms with van der Waals surface area (Å²) in [5.41, 5.74) is 1.84. The first kappa shape index (κ1) is 19.7. The van der Waals surface area contributed by atoms with Gasteiger partial charge < -0.3 is 4.90 Å². The van der Waals surface area contributed by atoms with Gasteiger partial charge in [-0.3, -0.25) is 4.79 Å². The number of alkyl halides is 3. The van der Waals surface area contributed by atoms with Crippen LogP contribution in [-0.2, 0) is 30.5 Å². The van der Waals surface area contributed by atoms with Gasteiger partial charge in [-0.25, -0.2) is 0 Å². The molecule has 0 unspecified atom stereocenters. The summed E-state index contributed by atoms with van der Waals surface area (Å²) in [5.74, 6) is -0.132. The van der Waals surface area contributed by atoms with Crippen LogP contribution in [0.5, 0.6) is 0 Å². The average molecular weight is 383 g/mol. The summed E-state index contributed by atoms with van der Waals surface area (Å²) in [6.45, 7) is 0.879. The van der Waals surface area contributed by atoms with E-state index in [2.05, 4.69) is 0 Å². The molecule has 0 radical (unpaired) electrons. The maximum absolute atomic E-state index is 12.9. The molecule has 5 heteroatoms. The monoisotopic (exact) mass is 383 g/mol. The number of carbonyl (C=O) groups excluding carboxylic acids is 1. The molecule has 0 saturated heterocycles. The van der Waals surface area contributed by atoms with Gasteiger partial charge in [-0.05, 0) is 28.8 Å². The Morgan fingerprint density at radius 2 is 1.14 bits per heavy atom. The quantitative estimate of drug-likeness (QED) is 0.552. The van der Waals surface area contributed by atoms with Gasteiger partial charge in [0.1, 0.15) is 0 Å². The van der Waals surface area contributed by atoms with Crippen molar-refractivity contribution >= 4 is 5.91 Å². The van der Waals surface area contributed by atoms with Crippen molar-refractivity contribution in [1.82, 2.24) is 4.90 Å². The van der Waals surface area contributed by atoms with Crippen molar-refractivity contribution in [3.63, 3.8) is 0 Å². The predicted octanol–water partition coefficient (Wildman–Crippen LogP) is 5.48. The third kappa shape index (κ3) is 5.46. The molecular weight excluding hydrogens is 363 g/mol. The molecule has 0 aromatic heterocycles. The number of benzene rings is 3. The molecule has 28 heavy (non-hydrogen) atoms. The Morgan fingerprint density at radius 1 is 0.679 bits per heavy atom. The lowest BCUT2D eigenvalue weighted by molar-refractivity contribution is -0.137. The van der Waals surface area contributed by atoms with Crippen LogP contribution in [0.15, 0.2) is 84.9 Å². The zero-order chi connectivity index (χ0) is 20.0. The molecule has 0 N–H and O–H groups in total. The van der Waals surface area contributed by atoms with Gasteiger partial charge in [0.25, 0.3) is 0 Å². The Morgan fingerprint density at radius 3 is 1.57 bits per heavy atom. The summed E-state index contributed by atoms with van der Waals surface area (Å²) >= 11 is 0. The lowest BCUT2D eigenvalue weighted by Gasteiger charge is -2.23. The minimum absolute atomic E-state index is 0.0534. The van der Waals surface area contributed by atoms with Gasteiger partial charge in [0, 0.05) is 13.1 Å². The van der Waals surface area contributed by atoms with E-state index in [1.54, 1.807) is 4.90 Å². The van der Waals surface area contributed by atoms with Gasteiger partial charge in [-0.1, -0.05) is 72.8 Å². The maximum atomic E-state index is 12.9. The Hall–Kier alpha value is -3.08. The summed E-state index contributed by atoms with van der Waals surface area (Å²) in [7, 11) is 0. The van der Waals surface area contributed by atoms with Crippen molar-refractivity contribution in [1.29, 1.82) is 0 Å². The highest BCUT2D eigenvalue weighted by molar-refractivity contribution is 5.78. The SMILES string of the molecule is O=C(Cc1ccc(C(F)(F)F)cc1)N(Cc1ccccc1)Cc1ccccc1. The molecule has 0 bridgehead atoms. The van der Waals surface area contributed by atoms with E-state index in [1.165, 1.54) is 12.1 Å². The number of hydrogen-bond acceptors (Lipinski definition) is 1.